The summed E-state index contributed by atoms with van der Waals surface area (Å²) in [7, 11) is 0. The third-order valence-corrected chi connectivity index (χ3v) is 4.10. The average molecular weight is 402 g/mol. The Morgan fingerprint density at radius 2 is 1.76 bits per heavy atom. The van der Waals surface area contributed by atoms with Crippen LogP contribution in [0.2, 0.25) is 0 Å². The number of furan rings is 1. The zero-order chi connectivity index (χ0) is 21.0. The van der Waals surface area contributed by atoms with Crippen LogP contribution in [-0.4, -0.2) is 16.1 Å². The van der Waals surface area contributed by atoms with Gasteiger partial charge in [-0.05, 0) is 42.8 Å². The summed E-state index contributed by atoms with van der Waals surface area (Å²) in [6.07, 6.45) is -4.72. The van der Waals surface area contributed by atoms with Crippen molar-refractivity contribution < 1.29 is 22.3 Å². The fourth-order valence-electron chi connectivity index (χ4n) is 3.01. The van der Waals surface area contributed by atoms with Crippen molar-refractivity contribution in [2.45, 2.75) is 33.7 Å². The van der Waals surface area contributed by atoms with Crippen molar-refractivity contribution in [2.75, 3.05) is 0 Å². The molecule has 0 spiro atoms. The predicted octanol–water partition coefficient (Wildman–Crippen LogP) is 6.58. The Morgan fingerprint density at radius 1 is 1.00 bits per heavy atom. The molecule has 0 bridgehead atoms. The van der Waals surface area contributed by atoms with Crippen LogP contribution in [0.25, 0.3) is 22.4 Å². The molecule has 0 saturated heterocycles. The quantitative estimate of drug-likeness (QED) is 0.387. The Bertz CT molecular complexity index is 1100. The van der Waals surface area contributed by atoms with Gasteiger partial charge in [-0.15, -0.1) is 13.2 Å². The molecule has 0 unspecified atom stereocenters. The zero-order valence-corrected chi connectivity index (χ0v) is 16.3. The molecule has 2 heterocycles. The third-order valence-electron chi connectivity index (χ3n) is 4.10. The van der Waals surface area contributed by atoms with Gasteiger partial charge in [0.05, 0.1) is 12.1 Å². The highest BCUT2D eigenvalue weighted by atomic mass is 19.4. The molecule has 152 valence electrons. The molecular formula is C22H21F3N2O2. The van der Waals surface area contributed by atoms with E-state index >= 15 is 0 Å². The molecule has 2 aromatic carbocycles. The van der Waals surface area contributed by atoms with E-state index in [0.717, 1.165) is 16.7 Å². The molecular weight excluding hydrogens is 381 g/mol. The fraction of sp³-hybridized carbons (Fsp3) is 0.227. The first-order valence-electron chi connectivity index (χ1n) is 9.26. The van der Waals surface area contributed by atoms with Gasteiger partial charge in [0.1, 0.15) is 17.2 Å². The van der Waals surface area contributed by atoms with Crippen LogP contribution in [0.1, 0.15) is 25.2 Å². The minimum Gasteiger partial charge on any atom is -0.460 e. The van der Waals surface area contributed by atoms with Gasteiger partial charge in [-0.25, -0.2) is 0 Å². The number of hydrogen-bond donors (Lipinski definition) is 0. The lowest BCUT2D eigenvalue weighted by Crippen LogP contribution is -2.17. The van der Waals surface area contributed by atoms with Gasteiger partial charge in [0, 0.05) is 5.39 Å². The summed E-state index contributed by atoms with van der Waals surface area (Å²) in [5, 5.41) is 5.54. The largest absolute Gasteiger partial charge is 0.573 e. The van der Waals surface area contributed by atoms with Crippen molar-refractivity contribution >= 4 is 10.9 Å². The predicted molar refractivity (Wildman–Crippen MR) is 106 cm³/mol. The molecule has 0 aliphatic carbocycles. The van der Waals surface area contributed by atoms with Crippen molar-refractivity contribution in [3.63, 3.8) is 0 Å². The number of fused-ring (bicyclic) bond motifs is 1. The van der Waals surface area contributed by atoms with E-state index in [1.54, 1.807) is 10.7 Å². The first-order chi connectivity index (χ1) is 13.9. The summed E-state index contributed by atoms with van der Waals surface area (Å²) >= 11 is 0. The normalized spacial score (nSPS) is 11.2. The second-order valence-electron chi connectivity index (χ2n) is 6.13. The van der Waals surface area contributed by atoms with Crippen molar-refractivity contribution in [1.29, 1.82) is 0 Å². The number of benzene rings is 2. The summed E-state index contributed by atoms with van der Waals surface area (Å²) in [5.41, 5.74) is 2.21. The summed E-state index contributed by atoms with van der Waals surface area (Å²) < 4.78 is 48.8. The molecule has 0 fully saturated rings. The van der Waals surface area contributed by atoms with E-state index in [0.29, 0.717) is 23.6 Å². The number of alkyl halides is 3. The maximum absolute atomic E-state index is 12.5. The lowest BCUT2D eigenvalue weighted by atomic mass is 10.1. The molecule has 29 heavy (non-hydrogen) atoms. The molecule has 4 aromatic rings. The monoisotopic (exact) mass is 402 g/mol. The number of para-hydroxylation sites is 1. The topological polar surface area (TPSA) is 40.2 Å². The molecule has 4 rings (SSSR count). The number of ether oxygens (including phenoxy) is 1. The van der Waals surface area contributed by atoms with Crippen LogP contribution in [0, 0.1) is 6.92 Å². The molecule has 4 nitrogen and oxygen atoms in total. The van der Waals surface area contributed by atoms with Crippen LogP contribution in [-0.2, 0) is 6.54 Å². The third kappa shape index (κ3) is 4.80. The molecule has 0 aliphatic rings. The number of halogens is 3. The molecule has 0 N–H and O–H groups in total. The molecule has 0 atom stereocenters. The number of nitrogens with zero attached hydrogens (tertiary/aromatic N) is 2. The van der Waals surface area contributed by atoms with Crippen LogP contribution in [0.15, 0.2) is 65.1 Å². The summed E-state index contributed by atoms with van der Waals surface area (Å²) in [4.78, 5) is 0. The number of aryl methyl sites for hydroxylation is 1. The molecule has 0 amide bonds. The maximum atomic E-state index is 12.5. The Morgan fingerprint density at radius 3 is 2.45 bits per heavy atom. The van der Waals surface area contributed by atoms with Gasteiger partial charge in [0.2, 0.25) is 0 Å². The highest BCUT2D eigenvalue weighted by molar-refractivity contribution is 5.92. The van der Waals surface area contributed by atoms with Gasteiger partial charge < -0.3 is 9.15 Å². The summed E-state index contributed by atoms with van der Waals surface area (Å²) in [5.74, 6) is 1.18. The fourth-order valence-corrected chi connectivity index (χ4v) is 3.01. The van der Waals surface area contributed by atoms with Crippen LogP contribution < -0.4 is 4.74 Å². The average Bonchev–Trinajstić information content (AvgIpc) is 3.26. The van der Waals surface area contributed by atoms with Crippen molar-refractivity contribution in [3.8, 4) is 17.2 Å². The molecule has 0 aliphatic heterocycles. The van der Waals surface area contributed by atoms with Crippen LogP contribution >= 0.6 is 0 Å². The van der Waals surface area contributed by atoms with Crippen LogP contribution in [0.4, 0.5) is 13.2 Å². The number of aromatic nitrogens is 2. The first kappa shape index (κ1) is 20.5. The van der Waals surface area contributed by atoms with Crippen LogP contribution in [0.3, 0.4) is 0 Å². The van der Waals surface area contributed by atoms with Crippen molar-refractivity contribution in [2.24, 2.45) is 0 Å². The maximum Gasteiger partial charge on any atom is 0.573 e. The Kier molecular flexibility index (Phi) is 5.96. The Hall–Kier alpha value is -3.22. The standard InChI is InChI=1S/C20H15F3N2O2.C2H6/c1-13-9-10-18(26-13)19-16-7-2-3-8-17(16)25(24-19)12-14-5-4-6-15(11-14)27-20(21,22)23;1-2/h2-11H,12H2,1H3;1-2H3. The molecule has 2 aromatic heterocycles. The van der Waals surface area contributed by atoms with Gasteiger partial charge in [-0.3, -0.25) is 4.68 Å². The van der Waals surface area contributed by atoms with E-state index in [9.17, 15) is 13.2 Å². The first-order valence-corrected chi connectivity index (χ1v) is 9.26. The summed E-state index contributed by atoms with van der Waals surface area (Å²) in [6, 6.07) is 17.3. The van der Waals surface area contributed by atoms with E-state index < -0.39 is 6.36 Å². The highest BCUT2D eigenvalue weighted by Crippen LogP contribution is 2.30. The minimum atomic E-state index is -4.72. The number of rotatable bonds is 4. The SMILES string of the molecule is CC.Cc1ccc(-c2nn(Cc3cccc(OC(F)(F)F)c3)c3ccccc23)o1. The van der Waals surface area contributed by atoms with Gasteiger partial charge in [0.15, 0.2) is 5.76 Å². The second kappa shape index (κ2) is 8.43. The van der Waals surface area contributed by atoms with Gasteiger partial charge in [-0.2, -0.15) is 5.10 Å². The Labute approximate surface area is 166 Å². The van der Waals surface area contributed by atoms with Crippen LogP contribution in [0.5, 0.6) is 5.75 Å². The summed E-state index contributed by atoms with van der Waals surface area (Å²) in [6.45, 7) is 6.16. The smallest absolute Gasteiger partial charge is 0.460 e. The Balaban J connectivity index is 0.00000117. The zero-order valence-electron chi connectivity index (χ0n) is 16.3. The van der Waals surface area contributed by atoms with E-state index in [-0.39, 0.29) is 5.75 Å². The van der Waals surface area contributed by atoms with Gasteiger partial charge in [0.25, 0.3) is 0 Å². The van der Waals surface area contributed by atoms with E-state index in [2.05, 4.69) is 9.84 Å². The van der Waals surface area contributed by atoms with Gasteiger partial charge >= 0.3 is 6.36 Å². The second-order valence-corrected chi connectivity index (χ2v) is 6.13. The van der Waals surface area contributed by atoms with E-state index in [1.807, 2.05) is 57.2 Å². The van der Waals surface area contributed by atoms with Gasteiger partial charge in [-0.1, -0.05) is 44.2 Å². The van der Waals surface area contributed by atoms with Crippen molar-refractivity contribution in [1.82, 2.24) is 9.78 Å². The molecule has 7 heteroatoms. The minimum absolute atomic E-state index is 0.252. The van der Waals surface area contributed by atoms with E-state index in [1.165, 1.54) is 18.2 Å². The highest BCUT2D eigenvalue weighted by Gasteiger charge is 2.31. The molecule has 0 saturated carbocycles. The molecule has 0 radical (unpaired) electrons. The lowest BCUT2D eigenvalue weighted by molar-refractivity contribution is -0.274. The van der Waals surface area contributed by atoms with Crippen molar-refractivity contribution in [3.05, 3.63) is 72.0 Å². The van der Waals surface area contributed by atoms with E-state index in [4.69, 9.17) is 4.42 Å². The number of hydrogen-bond acceptors (Lipinski definition) is 3. The lowest BCUT2D eigenvalue weighted by Gasteiger charge is -2.10.